The summed E-state index contributed by atoms with van der Waals surface area (Å²) in [5.74, 6) is 0.887. The molecule has 2 unspecified atom stereocenters. The number of rotatable bonds is 8. The molecule has 0 spiro atoms. The van der Waals surface area contributed by atoms with Gasteiger partial charge in [0.05, 0.1) is 6.04 Å². The number of nitrogens with one attached hydrogen (secondary N) is 1. The number of benzene rings is 2. The maximum absolute atomic E-state index is 13.2. The summed E-state index contributed by atoms with van der Waals surface area (Å²) in [5.41, 5.74) is 4.31. The minimum atomic E-state index is -0.660. The maximum atomic E-state index is 13.2. The van der Waals surface area contributed by atoms with E-state index in [1.807, 2.05) is 47.4 Å². The standard InChI is InChI=1S/C29H33N3O3/c1-20(2)17-27(33)32-16-13-23-9-10-25(18-26(23)28(32)24-7-5-4-6-8-24)35-21(3)29(34)31-19-22-11-14-30-15-12-22/h4-12,14-15,18,20-21,28H,13,16-17,19H2,1-3H3,(H,31,34). The average Bonchev–Trinajstić information content (AvgIpc) is 2.87. The highest BCUT2D eigenvalue weighted by Gasteiger charge is 2.32. The van der Waals surface area contributed by atoms with Crippen molar-refractivity contribution in [3.8, 4) is 5.75 Å². The summed E-state index contributed by atoms with van der Waals surface area (Å²) >= 11 is 0. The van der Waals surface area contributed by atoms with Crippen molar-refractivity contribution >= 4 is 11.8 Å². The molecule has 6 heteroatoms. The van der Waals surface area contributed by atoms with Gasteiger partial charge in [0.15, 0.2) is 6.10 Å². The quantitative estimate of drug-likeness (QED) is 0.518. The number of carbonyl (C=O) groups excluding carboxylic acids is 2. The fourth-order valence-corrected chi connectivity index (χ4v) is 4.49. The van der Waals surface area contributed by atoms with Gasteiger partial charge in [-0.3, -0.25) is 14.6 Å². The van der Waals surface area contributed by atoms with Crippen LogP contribution in [0.1, 0.15) is 55.5 Å². The van der Waals surface area contributed by atoms with E-state index < -0.39 is 6.10 Å². The highest BCUT2D eigenvalue weighted by Crippen LogP contribution is 2.38. The van der Waals surface area contributed by atoms with Gasteiger partial charge in [-0.25, -0.2) is 0 Å². The summed E-state index contributed by atoms with van der Waals surface area (Å²) in [6.07, 6.45) is 4.06. The van der Waals surface area contributed by atoms with Gasteiger partial charge >= 0.3 is 0 Å². The summed E-state index contributed by atoms with van der Waals surface area (Å²) in [4.78, 5) is 31.8. The van der Waals surface area contributed by atoms with Crippen molar-refractivity contribution in [1.29, 1.82) is 0 Å². The molecule has 3 aromatic rings. The van der Waals surface area contributed by atoms with Crippen LogP contribution in [0.5, 0.6) is 5.75 Å². The summed E-state index contributed by atoms with van der Waals surface area (Å²) in [6.45, 7) is 6.99. The van der Waals surface area contributed by atoms with Crippen LogP contribution in [0.4, 0.5) is 0 Å². The number of fused-ring (bicyclic) bond motifs is 1. The Morgan fingerprint density at radius 2 is 1.80 bits per heavy atom. The third kappa shape index (κ3) is 6.07. The third-order valence-corrected chi connectivity index (χ3v) is 6.26. The number of nitrogens with zero attached hydrogens (tertiary/aromatic N) is 2. The second-order valence-electron chi connectivity index (χ2n) is 9.44. The zero-order valence-corrected chi connectivity index (χ0v) is 20.6. The Bertz CT molecular complexity index is 1150. The minimum absolute atomic E-state index is 0.162. The first kappa shape index (κ1) is 24.5. The smallest absolute Gasteiger partial charge is 0.261 e. The van der Waals surface area contributed by atoms with E-state index in [0.29, 0.717) is 31.2 Å². The van der Waals surface area contributed by atoms with E-state index in [-0.39, 0.29) is 17.9 Å². The van der Waals surface area contributed by atoms with Crippen LogP contribution in [0.25, 0.3) is 0 Å². The van der Waals surface area contributed by atoms with Gasteiger partial charge in [0.25, 0.3) is 5.91 Å². The molecule has 6 nitrogen and oxygen atoms in total. The Hall–Kier alpha value is -3.67. The molecule has 4 rings (SSSR count). The topological polar surface area (TPSA) is 71.5 Å². The van der Waals surface area contributed by atoms with Crippen LogP contribution in [0, 0.1) is 5.92 Å². The number of amides is 2. The highest BCUT2D eigenvalue weighted by atomic mass is 16.5. The Labute approximate surface area is 207 Å². The van der Waals surface area contributed by atoms with Gasteiger partial charge in [0.2, 0.25) is 5.91 Å². The van der Waals surface area contributed by atoms with Gasteiger partial charge in [-0.05, 0) is 65.8 Å². The lowest BCUT2D eigenvalue weighted by Gasteiger charge is -2.38. The molecule has 0 aliphatic carbocycles. The Balaban J connectivity index is 1.54. The molecular weight excluding hydrogens is 438 g/mol. The SMILES string of the molecule is CC(C)CC(=O)N1CCc2ccc(OC(C)C(=O)NCc3ccncc3)cc2C1c1ccccc1. The van der Waals surface area contributed by atoms with E-state index in [4.69, 9.17) is 4.74 Å². The largest absolute Gasteiger partial charge is 0.481 e. The van der Waals surface area contributed by atoms with Crippen molar-refractivity contribution < 1.29 is 14.3 Å². The van der Waals surface area contributed by atoms with E-state index in [2.05, 4.69) is 42.3 Å². The molecule has 1 N–H and O–H groups in total. The Morgan fingerprint density at radius 1 is 1.06 bits per heavy atom. The van der Waals surface area contributed by atoms with E-state index in [9.17, 15) is 9.59 Å². The zero-order valence-electron chi connectivity index (χ0n) is 20.6. The fraction of sp³-hybridized carbons (Fsp3) is 0.345. The predicted octanol–water partition coefficient (Wildman–Crippen LogP) is 4.69. The average molecular weight is 472 g/mol. The molecule has 1 aliphatic rings. The van der Waals surface area contributed by atoms with Crippen molar-refractivity contribution in [3.05, 3.63) is 95.3 Å². The van der Waals surface area contributed by atoms with Crippen molar-refractivity contribution in [3.63, 3.8) is 0 Å². The molecule has 1 aliphatic heterocycles. The predicted molar refractivity (Wildman–Crippen MR) is 136 cm³/mol. The summed E-state index contributed by atoms with van der Waals surface area (Å²) < 4.78 is 6.05. The van der Waals surface area contributed by atoms with E-state index in [0.717, 1.165) is 23.1 Å². The first-order chi connectivity index (χ1) is 16.9. The molecule has 2 heterocycles. The molecule has 0 radical (unpaired) electrons. The van der Waals surface area contributed by atoms with Crippen LogP contribution in [0.2, 0.25) is 0 Å². The molecule has 182 valence electrons. The van der Waals surface area contributed by atoms with Crippen LogP contribution >= 0.6 is 0 Å². The zero-order chi connectivity index (χ0) is 24.8. The van der Waals surface area contributed by atoms with Gasteiger partial charge in [0.1, 0.15) is 5.75 Å². The molecule has 0 bridgehead atoms. The normalized spacial score (nSPS) is 15.9. The molecule has 0 saturated heterocycles. The van der Waals surface area contributed by atoms with Gasteiger partial charge in [0, 0.05) is 31.9 Å². The summed E-state index contributed by atoms with van der Waals surface area (Å²) in [5, 5.41) is 2.91. The third-order valence-electron chi connectivity index (χ3n) is 6.26. The first-order valence-corrected chi connectivity index (χ1v) is 12.2. The van der Waals surface area contributed by atoms with Gasteiger partial charge in [-0.2, -0.15) is 0 Å². The second kappa shape index (κ2) is 11.2. The van der Waals surface area contributed by atoms with Gasteiger partial charge in [-0.15, -0.1) is 0 Å². The molecule has 2 aromatic carbocycles. The lowest BCUT2D eigenvalue weighted by molar-refractivity contribution is -0.134. The second-order valence-corrected chi connectivity index (χ2v) is 9.44. The lowest BCUT2D eigenvalue weighted by Crippen LogP contribution is -2.41. The minimum Gasteiger partial charge on any atom is -0.481 e. The lowest BCUT2D eigenvalue weighted by atomic mass is 9.87. The number of pyridine rings is 1. The summed E-state index contributed by atoms with van der Waals surface area (Å²) in [7, 11) is 0. The summed E-state index contributed by atoms with van der Waals surface area (Å²) in [6, 6.07) is 19.7. The molecule has 1 aromatic heterocycles. The molecule has 35 heavy (non-hydrogen) atoms. The van der Waals surface area contributed by atoms with Gasteiger partial charge < -0.3 is 15.0 Å². The van der Waals surface area contributed by atoms with Gasteiger partial charge in [-0.1, -0.05) is 50.2 Å². The molecular formula is C29H33N3O3. The van der Waals surface area contributed by atoms with Crippen molar-refractivity contribution in [2.75, 3.05) is 6.54 Å². The monoisotopic (exact) mass is 471 g/mol. The fourth-order valence-electron chi connectivity index (χ4n) is 4.49. The van der Waals surface area contributed by atoms with Crippen LogP contribution in [-0.4, -0.2) is 34.3 Å². The van der Waals surface area contributed by atoms with Crippen molar-refractivity contribution in [2.45, 2.75) is 52.3 Å². The number of hydrogen-bond donors (Lipinski definition) is 1. The number of aromatic nitrogens is 1. The highest BCUT2D eigenvalue weighted by molar-refractivity contribution is 5.80. The molecule has 0 saturated carbocycles. The van der Waals surface area contributed by atoms with Crippen LogP contribution in [0.15, 0.2) is 73.1 Å². The van der Waals surface area contributed by atoms with Crippen molar-refractivity contribution in [1.82, 2.24) is 15.2 Å². The maximum Gasteiger partial charge on any atom is 0.261 e. The number of carbonyl (C=O) groups is 2. The molecule has 0 fully saturated rings. The Kier molecular flexibility index (Phi) is 7.80. The Morgan fingerprint density at radius 3 is 2.51 bits per heavy atom. The number of ether oxygens (including phenoxy) is 1. The first-order valence-electron chi connectivity index (χ1n) is 12.2. The molecule has 2 atom stereocenters. The van der Waals surface area contributed by atoms with Crippen LogP contribution < -0.4 is 10.1 Å². The van der Waals surface area contributed by atoms with E-state index in [1.54, 1.807) is 19.3 Å². The van der Waals surface area contributed by atoms with Crippen LogP contribution in [-0.2, 0) is 22.6 Å². The van der Waals surface area contributed by atoms with Crippen molar-refractivity contribution in [2.24, 2.45) is 5.92 Å². The van der Waals surface area contributed by atoms with Crippen LogP contribution in [0.3, 0.4) is 0 Å². The van der Waals surface area contributed by atoms with E-state index >= 15 is 0 Å². The molecule has 2 amide bonds. The van der Waals surface area contributed by atoms with E-state index in [1.165, 1.54) is 5.56 Å². The number of hydrogen-bond acceptors (Lipinski definition) is 4.